The first kappa shape index (κ1) is 19.3. The van der Waals surface area contributed by atoms with Crippen molar-refractivity contribution in [2.45, 2.75) is 44.9 Å². The van der Waals surface area contributed by atoms with E-state index in [1.807, 2.05) is 25.1 Å². The molecule has 2 aromatic rings. The zero-order chi connectivity index (χ0) is 19.2. The Bertz CT molecular complexity index is 763. The highest BCUT2D eigenvalue weighted by molar-refractivity contribution is 5.45. The van der Waals surface area contributed by atoms with Crippen molar-refractivity contribution >= 4 is 11.5 Å². The zero-order valence-corrected chi connectivity index (χ0v) is 15.6. The molecule has 0 radical (unpaired) electrons. The van der Waals surface area contributed by atoms with Gasteiger partial charge in [-0.1, -0.05) is 30.3 Å². The van der Waals surface area contributed by atoms with Crippen LogP contribution in [0.5, 0.6) is 0 Å². The van der Waals surface area contributed by atoms with Crippen molar-refractivity contribution in [3.05, 3.63) is 63.8 Å². The minimum Gasteiger partial charge on any atom is -0.381 e. The predicted octanol–water partition coefficient (Wildman–Crippen LogP) is 4.04. The fraction of sp³-hybridized carbons (Fsp3) is 0.450. The molecule has 7 heteroatoms. The van der Waals surface area contributed by atoms with Crippen molar-refractivity contribution in [1.82, 2.24) is 4.98 Å². The SMILES string of the molecule is Cc1nc(NC(C)C(OC2CCOCC2)c2ccccc2)ccc1[N+](=O)[O-]. The summed E-state index contributed by atoms with van der Waals surface area (Å²) < 4.78 is 11.9. The van der Waals surface area contributed by atoms with Gasteiger partial charge < -0.3 is 14.8 Å². The van der Waals surface area contributed by atoms with Crippen molar-refractivity contribution in [3.63, 3.8) is 0 Å². The molecule has 0 bridgehead atoms. The summed E-state index contributed by atoms with van der Waals surface area (Å²) >= 11 is 0. The monoisotopic (exact) mass is 371 g/mol. The summed E-state index contributed by atoms with van der Waals surface area (Å²) in [6, 6.07) is 13.1. The van der Waals surface area contributed by atoms with Gasteiger partial charge >= 0.3 is 0 Å². The molecule has 1 aliphatic rings. The maximum Gasteiger partial charge on any atom is 0.290 e. The van der Waals surface area contributed by atoms with Crippen LogP contribution in [0.15, 0.2) is 42.5 Å². The summed E-state index contributed by atoms with van der Waals surface area (Å²) in [5.74, 6) is 0.599. The molecule has 27 heavy (non-hydrogen) atoms. The second-order valence-electron chi connectivity index (χ2n) is 6.77. The van der Waals surface area contributed by atoms with E-state index in [2.05, 4.69) is 22.4 Å². The third-order valence-corrected chi connectivity index (χ3v) is 4.72. The largest absolute Gasteiger partial charge is 0.381 e. The number of nitrogens with zero attached hydrogens (tertiary/aromatic N) is 2. The highest BCUT2D eigenvalue weighted by Gasteiger charge is 2.26. The van der Waals surface area contributed by atoms with Crippen LogP contribution in [-0.2, 0) is 9.47 Å². The van der Waals surface area contributed by atoms with Gasteiger partial charge in [-0.25, -0.2) is 4.98 Å². The second-order valence-corrected chi connectivity index (χ2v) is 6.77. The minimum absolute atomic E-state index is 0.0197. The molecule has 0 saturated carbocycles. The van der Waals surface area contributed by atoms with Crippen LogP contribution in [0, 0.1) is 17.0 Å². The first-order valence-electron chi connectivity index (χ1n) is 9.21. The van der Waals surface area contributed by atoms with Crippen molar-refractivity contribution in [2.75, 3.05) is 18.5 Å². The second kappa shape index (κ2) is 8.92. The Kier molecular flexibility index (Phi) is 6.36. The topological polar surface area (TPSA) is 86.5 Å². The van der Waals surface area contributed by atoms with E-state index in [9.17, 15) is 10.1 Å². The molecule has 3 rings (SSSR count). The number of aryl methyl sites for hydroxylation is 1. The molecule has 144 valence electrons. The van der Waals surface area contributed by atoms with Crippen molar-refractivity contribution in [3.8, 4) is 0 Å². The molecule has 1 aliphatic heterocycles. The molecular weight excluding hydrogens is 346 g/mol. The third-order valence-electron chi connectivity index (χ3n) is 4.72. The lowest BCUT2D eigenvalue weighted by Gasteiger charge is -2.32. The van der Waals surface area contributed by atoms with Crippen LogP contribution in [0.4, 0.5) is 11.5 Å². The number of aromatic nitrogens is 1. The van der Waals surface area contributed by atoms with Crippen LogP contribution >= 0.6 is 0 Å². The number of hydrogen-bond donors (Lipinski definition) is 1. The smallest absolute Gasteiger partial charge is 0.290 e. The molecule has 2 unspecified atom stereocenters. The number of benzene rings is 1. The van der Waals surface area contributed by atoms with Crippen molar-refractivity contribution < 1.29 is 14.4 Å². The van der Waals surface area contributed by atoms with E-state index < -0.39 is 4.92 Å². The lowest BCUT2D eigenvalue weighted by atomic mass is 10.0. The molecule has 0 spiro atoms. The van der Waals surface area contributed by atoms with Gasteiger partial charge in [-0.05, 0) is 38.3 Å². The zero-order valence-electron chi connectivity index (χ0n) is 15.6. The molecule has 2 atom stereocenters. The summed E-state index contributed by atoms with van der Waals surface area (Å²) in [6.45, 7) is 5.12. The average Bonchev–Trinajstić information content (AvgIpc) is 2.67. The molecular formula is C20H25N3O4. The maximum absolute atomic E-state index is 11.0. The fourth-order valence-electron chi connectivity index (χ4n) is 3.28. The van der Waals surface area contributed by atoms with E-state index in [-0.39, 0.29) is 23.9 Å². The van der Waals surface area contributed by atoms with Gasteiger partial charge in [0.1, 0.15) is 17.6 Å². The molecule has 0 amide bonds. The fourth-order valence-corrected chi connectivity index (χ4v) is 3.28. The van der Waals surface area contributed by atoms with E-state index in [0.717, 1.165) is 31.6 Å². The average molecular weight is 371 g/mol. The lowest BCUT2D eigenvalue weighted by Crippen LogP contribution is -2.32. The van der Waals surface area contributed by atoms with Crippen molar-refractivity contribution in [2.24, 2.45) is 0 Å². The number of anilines is 1. The number of hydrogen-bond acceptors (Lipinski definition) is 6. The van der Waals surface area contributed by atoms with Gasteiger partial charge in [0.2, 0.25) is 0 Å². The standard InChI is InChI=1S/C20H25N3O4/c1-14-18(23(24)25)8-9-19(21-14)22-15(2)20(16-6-4-3-5-7-16)27-17-10-12-26-13-11-17/h3-9,15,17,20H,10-13H2,1-2H3,(H,21,22). The summed E-state index contributed by atoms with van der Waals surface area (Å²) in [4.78, 5) is 14.9. The first-order valence-corrected chi connectivity index (χ1v) is 9.21. The van der Waals surface area contributed by atoms with E-state index in [1.54, 1.807) is 13.0 Å². The van der Waals surface area contributed by atoms with Crippen LogP contribution in [0.2, 0.25) is 0 Å². The van der Waals surface area contributed by atoms with Gasteiger partial charge in [-0.15, -0.1) is 0 Å². The predicted molar refractivity (Wildman–Crippen MR) is 103 cm³/mol. The molecule has 1 aromatic heterocycles. The highest BCUT2D eigenvalue weighted by atomic mass is 16.6. The third kappa shape index (κ3) is 5.02. The van der Waals surface area contributed by atoms with Crippen LogP contribution in [-0.4, -0.2) is 35.3 Å². The van der Waals surface area contributed by atoms with Gasteiger partial charge in [0.05, 0.1) is 17.1 Å². The van der Waals surface area contributed by atoms with Gasteiger partial charge in [0.25, 0.3) is 5.69 Å². The summed E-state index contributed by atoms with van der Waals surface area (Å²) in [5.41, 5.74) is 1.49. The minimum atomic E-state index is -0.420. The van der Waals surface area contributed by atoms with Crippen LogP contribution in [0.3, 0.4) is 0 Å². The molecule has 7 nitrogen and oxygen atoms in total. The van der Waals surface area contributed by atoms with Gasteiger partial charge in [-0.2, -0.15) is 0 Å². The summed E-state index contributed by atoms with van der Waals surface area (Å²) in [7, 11) is 0. The Morgan fingerprint density at radius 2 is 1.93 bits per heavy atom. The number of nitrogens with one attached hydrogen (secondary N) is 1. The lowest BCUT2D eigenvalue weighted by molar-refractivity contribution is -0.385. The Labute approximate surface area is 158 Å². The number of ether oxygens (including phenoxy) is 2. The van der Waals surface area contributed by atoms with Gasteiger partial charge in [0, 0.05) is 19.3 Å². The van der Waals surface area contributed by atoms with E-state index in [1.165, 1.54) is 6.07 Å². The maximum atomic E-state index is 11.0. The molecule has 1 aromatic carbocycles. The number of rotatable bonds is 7. The molecule has 0 aliphatic carbocycles. The summed E-state index contributed by atoms with van der Waals surface area (Å²) in [5, 5.41) is 14.3. The number of pyridine rings is 1. The van der Waals surface area contributed by atoms with Gasteiger partial charge in [0.15, 0.2) is 0 Å². The highest BCUT2D eigenvalue weighted by Crippen LogP contribution is 2.28. The normalized spacial score (nSPS) is 17.3. The van der Waals surface area contributed by atoms with Gasteiger partial charge in [-0.3, -0.25) is 10.1 Å². The molecule has 1 N–H and O–H groups in total. The Balaban J connectivity index is 1.77. The Morgan fingerprint density at radius 3 is 2.56 bits per heavy atom. The first-order chi connectivity index (χ1) is 13.0. The quantitative estimate of drug-likeness (QED) is 0.584. The van der Waals surface area contributed by atoms with Crippen LogP contribution in [0.1, 0.15) is 37.1 Å². The van der Waals surface area contributed by atoms with Crippen molar-refractivity contribution in [1.29, 1.82) is 0 Å². The Hall–Kier alpha value is -2.51. The van der Waals surface area contributed by atoms with Crippen LogP contribution < -0.4 is 5.32 Å². The number of nitro groups is 1. The molecule has 1 fully saturated rings. The van der Waals surface area contributed by atoms with E-state index in [4.69, 9.17) is 9.47 Å². The van der Waals surface area contributed by atoms with Crippen LogP contribution in [0.25, 0.3) is 0 Å². The molecule has 1 saturated heterocycles. The van der Waals surface area contributed by atoms with E-state index >= 15 is 0 Å². The summed E-state index contributed by atoms with van der Waals surface area (Å²) in [6.07, 6.45) is 1.75. The Morgan fingerprint density at radius 1 is 1.22 bits per heavy atom. The van der Waals surface area contributed by atoms with E-state index in [0.29, 0.717) is 11.5 Å². The molecule has 2 heterocycles.